The van der Waals surface area contributed by atoms with Crippen LogP contribution in [0.25, 0.3) is 0 Å². The molecule has 0 saturated carbocycles. The van der Waals surface area contributed by atoms with Crippen LogP contribution in [0.2, 0.25) is 10.0 Å². The van der Waals surface area contributed by atoms with Crippen molar-refractivity contribution >= 4 is 38.9 Å². The van der Waals surface area contributed by atoms with Crippen molar-refractivity contribution < 1.29 is 8.42 Å². The average molecular weight is 253 g/mol. The molecule has 0 atom stereocenters. The number of sulfonamides is 1. The summed E-state index contributed by atoms with van der Waals surface area (Å²) in [5.74, 6) is 0. The van der Waals surface area contributed by atoms with Gasteiger partial charge in [0, 0.05) is 5.02 Å². The first-order valence-corrected chi connectivity index (χ1v) is 5.97. The molecule has 2 rings (SSSR count). The van der Waals surface area contributed by atoms with Gasteiger partial charge in [-0.3, -0.25) is 0 Å². The summed E-state index contributed by atoms with van der Waals surface area (Å²) >= 11 is 11.5. The number of benzene rings is 1. The molecule has 0 aliphatic carbocycles. The van der Waals surface area contributed by atoms with Crippen molar-refractivity contribution in [2.24, 2.45) is 0 Å². The van der Waals surface area contributed by atoms with E-state index in [2.05, 4.69) is 10.0 Å². The molecular weight excluding hydrogens is 247 g/mol. The summed E-state index contributed by atoms with van der Waals surface area (Å²) in [7, 11) is -3.49. The van der Waals surface area contributed by atoms with Crippen LogP contribution in [-0.2, 0) is 10.0 Å². The van der Waals surface area contributed by atoms with Gasteiger partial charge in [0.2, 0.25) is 10.0 Å². The molecule has 2 N–H and O–H groups in total. The van der Waals surface area contributed by atoms with Crippen LogP contribution in [-0.4, -0.2) is 15.1 Å². The maximum Gasteiger partial charge on any atom is 0.245 e. The predicted molar refractivity (Wildman–Crippen MR) is 55.3 cm³/mol. The highest BCUT2D eigenvalue weighted by Crippen LogP contribution is 2.34. The van der Waals surface area contributed by atoms with Gasteiger partial charge in [0.1, 0.15) is 4.90 Å². The Morgan fingerprint density at radius 3 is 2.71 bits per heavy atom. The van der Waals surface area contributed by atoms with Crippen molar-refractivity contribution in [3.05, 3.63) is 22.2 Å². The first-order chi connectivity index (χ1) is 6.50. The molecule has 76 valence electrons. The molecule has 1 aliphatic rings. The number of hydrogen-bond donors (Lipinski definition) is 2. The molecule has 0 amide bonds. The Kier molecular flexibility index (Phi) is 2.35. The van der Waals surface area contributed by atoms with E-state index in [1.807, 2.05) is 0 Å². The minimum absolute atomic E-state index is 0.0508. The Morgan fingerprint density at radius 2 is 2.00 bits per heavy atom. The minimum atomic E-state index is -3.49. The van der Waals surface area contributed by atoms with Gasteiger partial charge in [-0.2, -0.15) is 4.72 Å². The third kappa shape index (κ3) is 1.56. The third-order valence-corrected chi connectivity index (χ3v) is 3.95. The normalized spacial score (nSPS) is 18.4. The summed E-state index contributed by atoms with van der Waals surface area (Å²) in [6.07, 6.45) is 0. The highest BCUT2D eigenvalue weighted by molar-refractivity contribution is 7.89. The fourth-order valence-electron chi connectivity index (χ4n) is 1.26. The number of rotatable bonds is 0. The summed E-state index contributed by atoms with van der Waals surface area (Å²) in [6.45, 7) is 0.145. The monoisotopic (exact) mass is 252 g/mol. The van der Waals surface area contributed by atoms with Crippen LogP contribution in [0.15, 0.2) is 17.0 Å². The van der Waals surface area contributed by atoms with Crippen LogP contribution < -0.4 is 10.0 Å². The highest BCUT2D eigenvalue weighted by atomic mass is 35.5. The first-order valence-electron chi connectivity index (χ1n) is 3.73. The van der Waals surface area contributed by atoms with Crippen LogP contribution in [0.5, 0.6) is 0 Å². The van der Waals surface area contributed by atoms with E-state index in [1.165, 1.54) is 12.1 Å². The molecule has 1 aromatic rings. The molecule has 4 nitrogen and oxygen atoms in total. The van der Waals surface area contributed by atoms with E-state index in [-0.39, 0.29) is 16.6 Å². The highest BCUT2D eigenvalue weighted by Gasteiger charge is 2.26. The molecule has 14 heavy (non-hydrogen) atoms. The Morgan fingerprint density at radius 1 is 1.29 bits per heavy atom. The molecule has 1 aromatic carbocycles. The molecule has 0 aromatic heterocycles. The number of anilines is 1. The van der Waals surface area contributed by atoms with Crippen molar-refractivity contribution in [3.63, 3.8) is 0 Å². The smallest absolute Gasteiger partial charge is 0.245 e. The Bertz CT molecular complexity index is 487. The molecule has 0 spiro atoms. The molecule has 0 bridgehead atoms. The minimum Gasteiger partial charge on any atom is -0.370 e. The van der Waals surface area contributed by atoms with Crippen LogP contribution in [0.3, 0.4) is 0 Å². The van der Waals surface area contributed by atoms with E-state index in [1.54, 1.807) is 0 Å². The summed E-state index contributed by atoms with van der Waals surface area (Å²) in [5, 5.41) is 3.36. The zero-order valence-electron chi connectivity index (χ0n) is 6.84. The molecular formula is C7H6Cl2N2O2S. The summed E-state index contributed by atoms with van der Waals surface area (Å²) in [6, 6.07) is 2.93. The topological polar surface area (TPSA) is 58.2 Å². The largest absolute Gasteiger partial charge is 0.370 e. The van der Waals surface area contributed by atoms with E-state index < -0.39 is 10.0 Å². The van der Waals surface area contributed by atoms with Crippen molar-refractivity contribution in [1.82, 2.24) is 4.72 Å². The van der Waals surface area contributed by atoms with Crippen LogP contribution in [0, 0.1) is 0 Å². The molecule has 7 heteroatoms. The van der Waals surface area contributed by atoms with Crippen LogP contribution in [0.1, 0.15) is 0 Å². The van der Waals surface area contributed by atoms with Gasteiger partial charge in [-0.05, 0) is 12.1 Å². The van der Waals surface area contributed by atoms with E-state index >= 15 is 0 Å². The maximum atomic E-state index is 11.5. The van der Waals surface area contributed by atoms with Gasteiger partial charge in [0.25, 0.3) is 0 Å². The Balaban J connectivity index is 2.76. The number of hydrogen-bond acceptors (Lipinski definition) is 3. The van der Waals surface area contributed by atoms with Crippen molar-refractivity contribution in [2.45, 2.75) is 4.90 Å². The molecule has 0 radical (unpaired) electrons. The van der Waals surface area contributed by atoms with Gasteiger partial charge >= 0.3 is 0 Å². The van der Waals surface area contributed by atoms with E-state index in [4.69, 9.17) is 23.2 Å². The summed E-state index contributed by atoms with van der Waals surface area (Å²) < 4.78 is 25.4. The first kappa shape index (κ1) is 10.0. The van der Waals surface area contributed by atoms with Gasteiger partial charge < -0.3 is 5.32 Å². The molecule has 0 unspecified atom stereocenters. The summed E-state index contributed by atoms with van der Waals surface area (Å²) in [4.78, 5) is 0.0508. The Labute approximate surface area is 91.3 Å². The number of fused-ring (bicyclic) bond motifs is 1. The standard InChI is InChI=1S/C7H6Cl2N2O2S/c8-4-1-5(9)7-6(2-4)10-3-11-14(7,12)13/h1-2,10-11H,3H2. The van der Waals surface area contributed by atoms with Gasteiger partial charge in [0.15, 0.2) is 0 Å². The predicted octanol–water partition coefficient (Wildman–Crippen LogP) is 1.65. The van der Waals surface area contributed by atoms with Crippen molar-refractivity contribution in [3.8, 4) is 0 Å². The molecule has 1 heterocycles. The quantitative estimate of drug-likeness (QED) is 0.739. The average Bonchev–Trinajstić information content (AvgIpc) is 2.00. The zero-order chi connectivity index (χ0) is 10.3. The Hall–Kier alpha value is -0.490. The van der Waals surface area contributed by atoms with Gasteiger partial charge in [-0.25, -0.2) is 8.42 Å². The van der Waals surface area contributed by atoms with Gasteiger partial charge in [-0.1, -0.05) is 23.2 Å². The van der Waals surface area contributed by atoms with Crippen molar-refractivity contribution in [2.75, 3.05) is 12.0 Å². The fraction of sp³-hybridized carbons (Fsp3) is 0.143. The molecule has 1 aliphatic heterocycles. The van der Waals surface area contributed by atoms with E-state index in [9.17, 15) is 8.42 Å². The van der Waals surface area contributed by atoms with Crippen molar-refractivity contribution in [1.29, 1.82) is 0 Å². The fourth-order valence-corrected chi connectivity index (χ4v) is 3.20. The maximum absolute atomic E-state index is 11.5. The number of nitrogens with one attached hydrogen (secondary N) is 2. The lowest BCUT2D eigenvalue weighted by Crippen LogP contribution is -2.34. The third-order valence-electron chi connectivity index (χ3n) is 1.82. The lowest BCUT2D eigenvalue weighted by atomic mass is 10.3. The lowest BCUT2D eigenvalue weighted by Gasteiger charge is -2.20. The lowest BCUT2D eigenvalue weighted by molar-refractivity contribution is 0.581. The van der Waals surface area contributed by atoms with Gasteiger partial charge in [-0.15, -0.1) is 0 Å². The second-order valence-electron chi connectivity index (χ2n) is 2.77. The number of halogens is 2. The van der Waals surface area contributed by atoms with Crippen LogP contribution >= 0.6 is 23.2 Å². The SMILES string of the molecule is O=S1(=O)NCNc2cc(Cl)cc(Cl)c21. The van der Waals surface area contributed by atoms with E-state index in [0.29, 0.717) is 10.7 Å². The second kappa shape index (κ2) is 3.27. The van der Waals surface area contributed by atoms with Crippen LogP contribution in [0.4, 0.5) is 5.69 Å². The van der Waals surface area contributed by atoms with Gasteiger partial charge in [0.05, 0.1) is 17.4 Å². The molecule has 0 fully saturated rings. The van der Waals surface area contributed by atoms with E-state index in [0.717, 1.165) is 0 Å². The summed E-state index contributed by atoms with van der Waals surface area (Å²) in [5.41, 5.74) is 0.432. The molecule has 0 saturated heterocycles. The zero-order valence-corrected chi connectivity index (χ0v) is 9.17. The second-order valence-corrected chi connectivity index (χ2v) is 5.31.